The molecule has 0 saturated heterocycles. The number of rotatable bonds is 5. The van der Waals surface area contributed by atoms with E-state index in [2.05, 4.69) is 11.8 Å². The van der Waals surface area contributed by atoms with Gasteiger partial charge < -0.3 is 4.90 Å². The third kappa shape index (κ3) is 8.51. The molecule has 0 bridgehead atoms. The van der Waals surface area contributed by atoms with E-state index in [9.17, 15) is 8.42 Å². The Bertz CT molecular complexity index is 212. The van der Waals surface area contributed by atoms with E-state index in [0.717, 1.165) is 19.5 Å². The van der Waals surface area contributed by atoms with E-state index in [1.165, 1.54) is 6.26 Å². The fraction of sp³-hybridized carbons (Fsp3) is 1.00. The van der Waals surface area contributed by atoms with Gasteiger partial charge in [0.05, 0.1) is 5.25 Å². The van der Waals surface area contributed by atoms with Gasteiger partial charge in [0.1, 0.15) is 9.84 Å². The lowest BCUT2D eigenvalue weighted by atomic mass is 10.3. The molecular weight excluding hydrogens is 198 g/mol. The summed E-state index contributed by atoms with van der Waals surface area (Å²) in [5.74, 6) is 0. The maximum Gasteiger partial charge on any atom is 0.150 e. The number of sulfone groups is 1. The van der Waals surface area contributed by atoms with E-state index in [1.807, 2.05) is 20.9 Å². The van der Waals surface area contributed by atoms with E-state index in [0.29, 0.717) is 0 Å². The zero-order valence-electron chi connectivity index (χ0n) is 10.4. The molecule has 0 radical (unpaired) electrons. The summed E-state index contributed by atoms with van der Waals surface area (Å²) in [6, 6.07) is 0. The van der Waals surface area contributed by atoms with Crippen molar-refractivity contribution in [1.29, 1.82) is 0 Å². The fourth-order valence-electron chi connectivity index (χ4n) is 0.774. The largest absolute Gasteiger partial charge is 0.307 e. The van der Waals surface area contributed by atoms with Crippen molar-refractivity contribution in [3.8, 4) is 0 Å². The van der Waals surface area contributed by atoms with Gasteiger partial charge in [-0.1, -0.05) is 20.8 Å². The third-order valence-corrected chi connectivity index (χ3v) is 3.89. The van der Waals surface area contributed by atoms with Crippen LogP contribution in [0.3, 0.4) is 0 Å². The molecule has 0 aromatic carbocycles. The van der Waals surface area contributed by atoms with Gasteiger partial charge in [0.2, 0.25) is 0 Å². The van der Waals surface area contributed by atoms with Crippen molar-refractivity contribution >= 4 is 9.84 Å². The molecule has 0 spiro atoms. The first-order valence-electron chi connectivity index (χ1n) is 5.25. The van der Waals surface area contributed by atoms with Crippen LogP contribution in [0, 0.1) is 0 Å². The first-order valence-corrected chi connectivity index (χ1v) is 7.20. The molecule has 0 aliphatic rings. The molecular formula is C10H25NO2S. The van der Waals surface area contributed by atoms with Gasteiger partial charge in [-0.05, 0) is 33.5 Å². The highest BCUT2D eigenvalue weighted by Crippen LogP contribution is 2.03. The van der Waals surface area contributed by atoms with Crippen molar-refractivity contribution in [3.63, 3.8) is 0 Å². The Labute approximate surface area is 89.4 Å². The van der Waals surface area contributed by atoms with Gasteiger partial charge in [0.15, 0.2) is 0 Å². The molecule has 0 aromatic rings. The molecule has 0 N–H and O–H groups in total. The van der Waals surface area contributed by atoms with Gasteiger partial charge in [-0.2, -0.15) is 0 Å². The summed E-state index contributed by atoms with van der Waals surface area (Å²) in [7, 11) is -0.838. The zero-order valence-corrected chi connectivity index (χ0v) is 11.2. The second-order valence-corrected chi connectivity index (χ2v) is 5.79. The van der Waals surface area contributed by atoms with Crippen molar-refractivity contribution in [1.82, 2.24) is 4.90 Å². The van der Waals surface area contributed by atoms with Crippen molar-refractivity contribution in [3.05, 3.63) is 0 Å². The monoisotopic (exact) mass is 223 g/mol. The minimum absolute atomic E-state index is 0.216. The summed E-state index contributed by atoms with van der Waals surface area (Å²) in [6.07, 6.45) is 2.02. The van der Waals surface area contributed by atoms with Gasteiger partial charge in [-0.3, -0.25) is 0 Å². The fourth-order valence-corrected chi connectivity index (χ4v) is 1.31. The minimum Gasteiger partial charge on any atom is -0.307 e. The molecule has 1 atom stereocenters. The molecule has 0 rings (SSSR count). The molecule has 14 heavy (non-hydrogen) atoms. The lowest BCUT2D eigenvalue weighted by Crippen LogP contribution is -2.25. The second-order valence-electron chi connectivity index (χ2n) is 3.32. The van der Waals surface area contributed by atoms with E-state index < -0.39 is 9.84 Å². The average Bonchev–Trinajstić information content (AvgIpc) is 2.15. The maximum absolute atomic E-state index is 11.0. The molecule has 1 unspecified atom stereocenters. The Morgan fingerprint density at radius 3 is 2.00 bits per heavy atom. The van der Waals surface area contributed by atoms with Gasteiger partial charge in [-0.15, -0.1) is 0 Å². The van der Waals surface area contributed by atoms with Gasteiger partial charge in [-0.25, -0.2) is 8.42 Å². The number of hydrogen-bond donors (Lipinski definition) is 0. The van der Waals surface area contributed by atoms with Crippen LogP contribution in [0.1, 0.15) is 34.1 Å². The quantitative estimate of drug-likeness (QED) is 0.713. The summed E-state index contributed by atoms with van der Waals surface area (Å²) in [4.78, 5) is 2.11. The van der Waals surface area contributed by atoms with E-state index in [-0.39, 0.29) is 5.25 Å². The van der Waals surface area contributed by atoms with Crippen LogP contribution >= 0.6 is 0 Å². The highest BCUT2D eigenvalue weighted by Gasteiger charge is 2.14. The smallest absolute Gasteiger partial charge is 0.150 e. The molecule has 4 heteroatoms. The minimum atomic E-state index is -2.83. The van der Waals surface area contributed by atoms with Crippen LogP contribution in [0.25, 0.3) is 0 Å². The van der Waals surface area contributed by atoms with Gasteiger partial charge >= 0.3 is 0 Å². The molecule has 0 aliphatic carbocycles. The Morgan fingerprint density at radius 2 is 1.71 bits per heavy atom. The summed E-state index contributed by atoms with van der Waals surface area (Å²) >= 11 is 0. The molecule has 88 valence electrons. The summed E-state index contributed by atoms with van der Waals surface area (Å²) in [6.45, 7) is 9.64. The average molecular weight is 223 g/mol. The van der Waals surface area contributed by atoms with E-state index in [4.69, 9.17) is 0 Å². The van der Waals surface area contributed by atoms with Gasteiger partial charge in [0.25, 0.3) is 0 Å². The highest BCUT2D eigenvalue weighted by molar-refractivity contribution is 7.91. The van der Waals surface area contributed by atoms with Crippen molar-refractivity contribution in [2.45, 2.75) is 39.4 Å². The first kappa shape index (κ1) is 16.3. The topological polar surface area (TPSA) is 37.4 Å². The van der Waals surface area contributed by atoms with Crippen LogP contribution in [0.4, 0.5) is 0 Å². The molecule has 3 nitrogen and oxygen atoms in total. The van der Waals surface area contributed by atoms with E-state index >= 15 is 0 Å². The molecule has 0 aromatic heterocycles. The Hall–Kier alpha value is -0.0900. The summed E-state index contributed by atoms with van der Waals surface area (Å²) < 4.78 is 22.0. The lowest BCUT2D eigenvalue weighted by Gasteiger charge is -2.16. The van der Waals surface area contributed by atoms with Crippen LogP contribution < -0.4 is 0 Å². The predicted octanol–water partition coefficient (Wildman–Crippen LogP) is 1.79. The van der Waals surface area contributed by atoms with Crippen LogP contribution in [-0.4, -0.2) is 45.0 Å². The first-order chi connectivity index (χ1) is 6.38. The van der Waals surface area contributed by atoms with Crippen LogP contribution in [0.5, 0.6) is 0 Å². The van der Waals surface area contributed by atoms with Crippen molar-refractivity contribution in [2.24, 2.45) is 0 Å². The third-order valence-electron chi connectivity index (χ3n) is 2.19. The van der Waals surface area contributed by atoms with Crippen LogP contribution in [-0.2, 0) is 9.84 Å². The molecule has 0 aliphatic heterocycles. The van der Waals surface area contributed by atoms with Crippen molar-refractivity contribution < 1.29 is 8.42 Å². The predicted molar refractivity (Wildman–Crippen MR) is 63.4 cm³/mol. The molecule has 0 saturated carbocycles. The maximum atomic E-state index is 11.0. The van der Waals surface area contributed by atoms with Crippen molar-refractivity contribution in [2.75, 3.05) is 26.4 Å². The van der Waals surface area contributed by atoms with Crippen LogP contribution in [0.2, 0.25) is 0 Å². The number of nitrogens with zero attached hydrogens (tertiary/aromatic N) is 1. The standard InChI is InChI=1S/C8H19NO2S.C2H6/c1-5-9(3)7-6-8(2)12(4,10)11;1-2/h8H,5-7H2,1-4H3;1-2H3. The van der Waals surface area contributed by atoms with Crippen LogP contribution in [0.15, 0.2) is 0 Å². The SMILES string of the molecule is CC.CCN(C)CCC(C)S(C)(=O)=O. The zero-order chi connectivity index (χ0) is 11.8. The second kappa shape index (κ2) is 8.24. The molecule has 0 heterocycles. The Balaban J connectivity index is 0. The summed E-state index contributed by atoms with van der Waals surface area (Å²) in [5.41, 5.74) is 0. The Kier molecular flexibility index (Phi) is 9.62. The molecule has 0 amide bonds. The summed E-state index contributed by atoms with van der Waals surface area (Å²) in [5, 5.41) is -0.216. The normalized spacial score (nSPS) is 13.4. The lowest BCUT2D eigenvalue weighted by molar-refractivity contribution is 0.346. The Morgan fingerprint density at radius 1 is 1.29 bits per heavy atom. The van der Waals surface area contributed by atoms with E-state index in [1.54, 1.807) is 6.92 Å². The molecule has 0 fully saturated rings. The number of hydrogen-bond acceptors (Lipinski definition) is 3. The van der Waals surface area contributed by atoms with Gasteiger partial charge in [0, 0.05) is 6.26 Å². The highest BCUT2D eigenvalue weighted by atomic mass is 32.2.